The van der Waals surface area contributed by atoms with Crippen molar-refractivity contribution in [3.05, 3.63) is 12.2 Å². The summed E-state index contributed by atoms with van der Waals surface area (Å²) in [6.07, 6.45) is 56.0. The van der Waals surface area contributed by atoms with E-state index in [2.05, 4.69) is 31.3 Å². The highest BCUT2D eigenvalue weighted by Crippen LogP contribution is 2.17. The fraction of sp³-hybridized carbons (Fsp3) is 0.925. The van der Waals surface area contributed by atoms with Gasteiger partial charge >= 0.3 is 5.97 Å². The predicted molar refractivity (Wildman–Crippen MR) is 255 cm³/mol. The Balaban J connectivity index is 3.44. The molecule has 0 aliphatic carbocycles. The van der Waals surface area contributed by atoms with Crippen LogP contribution >= 0.6 is 0 Å². The topological polar surface area (TPSA) is 95.9 Å². The summed E-state index contributed by atoms with van der Waals surface area (Å²) in [5, 5.41) is 23.2. The summed E-state index contributed by atoms with van der Waals surface area (Å²) in [6, 6.07) is -0.550. The van der Waals surface area contributed by atoms with Crippen molar-refractivity contribution < 1.29 is 24.5 Å². The first-order valence-corrected chi connectivity index (χ1v) is 26.4. The highest BCUT2D eigenvalue weighted by Gasteiger charge is 2.20. The van der Waals surface area contributed by atoms with E-state index >= 15 is 0 Å². The van der Waals surface area contributed by atoms with Crippen LogP contribution in [-0.4, -0.2) is 47.4 Å². The number of ether oxygens (including phenoxy) is 1. The Morgan fingerprint density at radius 2 is 0.797 bits per heavy atom. The minimum atomic E-state index is -0.671. The van der Waals surface area contributed by atoms with Crippen LogP contribution in [0.25, 0.3) is 0 Å². The van der Waals surface area contributed by atoms with Gasteiger partial charge in [-0.05, 0) is 51.4 Å². The lowest BCUT2D eigenvalue weighted by atomic mass is 10.0. The number of unbranched alkanes of at least 4 members (excludes halogenated alkanes) is 36. The van der Waals surface area contributed by atoms with Gasteiger partial charge in [0, 0.05) is 12.8 Å². The van der Waals surface area contributed by atoms with E-state index in [1.807, 2.05) is 0 Å². The van der Waals surface area contributed by atoms with Gasteiger partial charge in [-0.25, -0.2) is 0 Å². The molecule has 59 heavy (non-hydrogen) atoms. The number of hydrogen-bond donors (Lipinski definition) is 3. The molecule has 0 aromatic rings. The molecule has 3 N–H and O–H groups in total. The number of carbonyl (C=O) groups is 2. The Morgan fingerprint density at radius 1 is 0.458 bits per heavy atom. The van der Waals surface area contributed by atoms with Gasteiger partial charge in [0.2, 0.25) is 5.91 Å². The van der Waals surface area contributed by atoms with Gasteiger partial charge < -0.3 is 20.3 Å². The fourth-order valence-corrected chi connectivity index (χ4v) is 8.22. The van der Waals surface area contributed by atoms with Crippen LogP contribution in [0.2, 0.25) is 0 Å². The Labute approximate surface area is 368 Å². The van der Waals surface area contributed by atoms with Crippen LogP contribution in [0, 0.1) is 0 Å². The molecule has 0 aliphatic heterocycles. The van der Waals surface area contributed by atoms with E-state index in [1.54, 1.807) is 0 Å². The van der Waals surface area contributed by atoms with Crippen LogP contribution in [0.1, 0.15) is 290 Å². The van der Waals surface area contributed by atoms with E-state index in [0.717, 1.165) is 51.4 Å². The molecule has 6 nitrogen and oxygen atoms in total. The lowest BCUT2D eigenvalue weighted by Crippen LogP contribution is -2.45. The van der Waals surface area contributed by atoms with Gasteiger partial charge in [0.25, 0.3) is 0 Å². The molecule has 0 bridgehead atoms. The minimum absolute atomic E-state index is 0.0130. The van der Waals surface area contributed by atoms with Gasteiger partial charge in [-0.2, -0.15) is 0 Å². The van der Waals surface area contributed by atoms with Gasteiger partial charge in [0.05, 0.1) is 25.4 Å². The maximum atomic E-state index is 12.4. The number of carbonyl (C=O) groups excluding carboxylic acids is 2. The van der Waals surface area contributed by atoms with Gasteiger partial charge in [-0.15, -0.1) is 0 Å². The van der Waals surface area contributed by atoms with Crippen LogP contribution in [0.15, 0.2) is 12.2 Å². The highest BCUT2D eigenvalue weighted by atomic mass is 16.5. The fourth-order valence-electron chi connectivity index (χ4n) is 8.22. The standard InChI is InChI=1S/C53H103NO5/c1-3-5-7-9-11-13-15-17-19-23-27-31-35-39-43-47-53(58)59-48-44-40-36-32-28-24-20-22-26-30-34-38-42-46-52(57)54-50(49-55)51(56)45-41-37-33-29-25-21-18-16-14-12-10-8-6-4-2/h17,19,50-51,55-56H,3-16,18,20-49H2,1-2H3,(H,54,57)/b19-17-. The maximum Gasteiger partial charge on any atom is 0.305 e. The molecule has 6 heteroatoms. The summed E-state index contributed by atoms with van der Waals surface area (Å²) in [7, 11) is 0. The molecule has 0 spiro atoms. The average molecular weight is 834 g/mol. The monoisotopic (exact) mass is 834 g/mol. The van der Waals surface area contributed by atoms with E-state index in [9.17, 15) is 19.8 Å². The number of esters is 1. The summed E-state index contributed by atoms with van der Waals surface area (Å²) < 4.78 is 5.46. The third kappa shape index (κ3) is 45.9. The molecule has 1 amide bonds. The summed E-state index contributed by atoms with van der Waals surface area (Å²) >= 11 is 0. The molecule has 2 atom stereocenters. The zero-order chi connectivity index (χ0) is 43.0. The van der Waals surface area contributed by atoms with Crippen LogP contribution in [0.5, 0.6) is 0 Å². The lowest BCUT2D eigenvalue weighted by molar-refractivity contribution is -0.143. The second-order valence-corrected chi connectivity index (χ2v) is 18.2. The van der Waals surface area contributed by atoms with Crippen molar-refractivity contribution in [2.24, 2.45) is 0 Å². The molecular formula is C53H103NO5. The molecule has 0 saturated heterocycles. The van der Waals surface area contributed by atoms with E-state index < -0.39 is 12.1 Å². The van der Waals surface area contributed by atoms with Crippen molar-refractivity contribution in [3.8, 4) is 0 Å². The first-order valence-electron chi connectivity index (χ1n) is 26.4. The number of hydrogen-bond acceptors (Lipinski definition) is 5. The van der Waals surface area contributed by atoms with Crippen LogP contribution in [0.4, 0.5) is 0 Å². The molecule has 2 unspecified atom stereocenters. The predicted octanol–water partition coefficient (Wildman–Crippen LogP) is 15.7. The first kappa shape index (κ1) is 57.6. The van der Waals surface area contributed by atoms with E-state index in [4.69, 9.17) is 4.74 Å². The number of allylic oxidation sites excluding steroid dienone is 2. The van der Waals surface area contributed by atoms with Crippen LogP contribution < -0.4 is 5.32 Å². The van der Waals surface area contributed by atoms with E-state index in [1.165, 1.54) is 205 Å². The van der Waals surface area contributed by atoms with Gasteiger partial charge in [-0.1, -0.05) is 238 Å². The SMILES string of the molecule is CCCCCCCC/C=C\CCCCCCCC(=O)OCCCCCCCCCCCCCCCC(=O)NC(CO)C(O)CCCCCCCCCCCCCCCC. The quantitative estimate of drug-likeness (QED) is 0.0322. The van der Waals surface area contributed by atoms with Crippen molar-refractivity contribution in [3.63, 3.8) is 0 Å². The number of nitrogens with one attached hydrogen (secondary N) is 1. The molecular weight excluding hydrogens is 731 g/mol. The third-order valence-electron chi connectivity index (χ3n) is 12.3. The Bertz CT molecular complexity index is 878. The first-order chi connectivity index (χ1) is 29.0. The largest absolute Gasteiger partial charge is 0.466 e. The Morgan fingerprint density at radius 3 is 1.20 bits per heavy atom. The molecule has 0 aromatic carbocycles. The lowest BCUT2D eigenvalue weighted by Gasteiger charge is -2.22. The molecule has 0 heterocycles. The molecule has 0 fully saturated rings. The Kier molecular flexibility index (Phi) is 48.1. The minimum Gasteiger partial charge on any atom is -0.466 e. The molecule has 350 valence electrons. The van der Waals surface area contributed by atoms with Gasteiger partial charge in [-0.3, -0.25) is 9.59 Å². The summed E-state index contributed by atoms with van der Waals surface area (Å²) in [5.74, 6) is -0.0601. The van der Waals surface area contributed by atoms with E-state index in [-0.39, 0.29) is 18.5 Å². The summed E-state index contributed by atoms with van der Waals surface area (Å²) in [6.45, 7) is 4.92. The van der Waals surface area contributed by atoms with E-state index in [0.29, 0.717) is 25.9 Å². The second kappa shape index (κ2) is 49.3. The van der Waals surface area contributed by atoms with Crippen molar-refractivity contribution in [1.82, 2.24) is 5.32 Å². The third-order valence-corrected chi connectivity index (χ3v) is 12.3. The van der Waals surface area contributed by atoms with Crippen LogP contribution in [-0.2, 0) is 14.3 Å². The van der Waals surface area contributed by atoms with Crippen molar-refractivity contribution in [2.45, 2.75) is 302 Å². The van der Waals surface area contributed by atoms with Crippen LogP contribution in [0.3, 0.4) is 0 Å². The molecule has 0 saturated carbocycles. The number of aliphatic hydroxyl groups is 2. The zero-order valence-corrected chi connectivity index (χ0v) is 39.7. The molecule has 0 rings (SSSR count). The summed E-state index contributed by atoms with van der Waals surface area (Å²) in [5.41, 5.74) is 0. The second-order valence-electron chi connectivity index (χ2n) is 18.2. The van der Waals surface area contributed by atoms with Crippen molar-refractivity contribution in [1.29, 1.82) is 0 Å². The smallest absolute Gasteiger partial charge is 0.305 e. The van der Waals surface area contributed by atoms with Gasteiger partial charge in [0.1, 0.15) is 0 Å². The Hall–Kier alpha value is -1.40. The highest BCUT2D eigenvalue weighted by molar-refractivity contribution is 5.76. The number of rotatable bonds is 49. The number of amides is 1. The maximum absolute atomic E-state index is 12.4. The molecule has 0 radical (unpaired) electrons. The van der Waals surface area contributed by atoms with Crippen molar-refractivity contribution in [2.75, 3.05) is 13.2 Å². The summed E-state index contributed by atoms with van der Waals surface area (Å²) in [4.78, 5) is 24.5. The number of aliphatic hydroxyl groups excluding tert-OH is 2. The van der Waals surface area contributed by atoms with Gasteiger partial charge in [0.15, 0.2) is 0 Å². The molecule has 0 aliphatic rings. The van der Waals surface area contributed by atoms with Crippen molar-refractivity contribution >= 4 is 11.9 Å². The normalized spacial score (nSPS) is 12.7. The average Bonchev–Trinajstić information content (AvgIpc) is 3.24. The zero-order valence-electron chi connectivity index (χ0n) is 39.7. The molecule has 0 aromatic heterocycles.